The average molecular weight is 281 g/mol. The molecule has 17 heavy (non-hydrogen) atoms. The topological polar surface area (TPSA) is 80.9 Å². The summed E-state index contributed by atoms with van der Waals surface area (Å²) < 4.78 is 0. The van der Waals surface area contributed by atoms with Crippen LogP contribution in [0.15, 0.2) is 12.4 Å². The first-order chi connectivity index (χ1) is 6.88. The number of carbonyl (C=O) groups excluding carboxylic acids is 1. The van der Waals surface area contributed by atoms with Crippen molar-refractivity contribution in [1.29, 1.82) is 0 Å². The molecule has 7 heteroatoms. The molecule has 0 atom stereocenters. The fourth-order valence-corrected chi connectivity index (χ4v) is 0.908. The maximum absolute atomic E-state index is 11.5. The summed E-state index contributed by atoms with van der Waals surface area (Å²) >= 11 is 0. The molecule has 0 aliphatic heterocycles. The molecule has 0 fully saturated rings. The molecule has 98 valence electrons. The van der Waals surface area contributed by atoms with Gasteiger partial charge in [-0.15, -0.1) is 24.8 Å². The molecular formula is C10H18Cl2N4O. The molecule has 5 nitrogen and oxygen atoms in total. The van der Waals surface area contributed by atoms with E-state index in [0.29, 0.717) is 12.2 Å². The van der Waals surface area contributed by atoms with E-state index in [9.17, 15) is 4.79 Å². The molecule has 0 saturated heterocycles. The van der Waals surface area contributed by atoms with Crippen molar-refractivity contribution in [3.63, 3.8) is 0 Å². The van der Waals surface area contributed by atoms with Gasteiger partial charge in [-0.3, -0.25) is 9.78 Å². The first-order valence-electron chi connectivity index (χ1n) is 4.74. The van der Waals surface area contributed by atoms with Crippen LogP contribution in [0.25, 0.3) is 0 Å². The van der Waals surface area contributed by atoms with Gasteiger partial charge in [-0.05, 0) is 20.8 Å². The van der Waals surface area contributed by atoms with Crippen molar-refractivity contribution in [1.82, 2.24) is 15.3 Å². The number of amides is 1. The van der Waals surface area contributed by atoms with Crippen molar-refractivity contribution in [3.05, 3.63) is 23.8 Å². The number of aryl methyl sites for hydroxylation is 1. The number of carbonyl (C=O) groups is 1. The lowest BCUT2D eigenvalue weighted by molar-refractivity contribution is 0.0940. The third kappa shape index (κ3) is 7.10. The lowest BCUT2D eigenvalue weighted by Crippen LogP contribution is -2.45. The Hall–Kier alpha value is -0.910. The van der Waals surface area contributed by atoms with Crippen molar-refractivity contribution in [2.24, 2.45) is 5.73 Å². The molecule has 0 bridgehead atoms. The molecule has 1 heterocycles. The molecule has 1 aromatic rings. The van der Waals surface area contributed by atoms with Gasteiger partial charge in [-0.2, -0.15) is 0 Å². The Bertz CT molecular complexity index is 348. The molecule has 0 aliphatic rings. The Labute approximate surface area is 113 Å². The van der Waals surface area contributed by atoms with Crippen LogP contribution in [-0.4, -0.2) is 28.0 Å². The summed E-state index contributed by atoms with van der Waals surface area (Å²) in [5, 5.41) is 2.69. The van der Waals surface area contributed by atoms with E-state index in [2.05, 4.69) is 15.3 Å². The predicted octanol–water partition coefficient (Wildman–Crippen LogP) is 1.10. The van der Waals surface area contributed by atoms with Crippen molar-refractivity contribution in [2.75, 3.05) is 6.54 Å². The van der Waals surface area contributed by atoms with Gasteiger partial charge >= 0.3 is 0 Å². The van der Waals surface area contributed by atoms with E-state index >= 15 is 0 Å². The van der Waals surface area contributed by atoms with Gasteiger partial charge in [0.25, 0.3) is 5.91 Å². The number of halogens is 2. The van der Waals surface area contributed by atoms with Crippen LogP contribution in [0.3, 0.4) is 0 Å². The highest BCUT2D eigenvalue weighted by Gasteiger charge is 2.13. The summed E-state index contributed by atoms with van der Waals surface area (Å²) in [5.74, 6) is -0.249. The smallest absolute Gasteiger partial charge is 0.271 e. The van der Waals surface area contributed by atoms with E-state index in [0.717, 1.165) is 5.69 Å². The number of nitrogens with one attached hydrogen (secondary N) is 1. The van der Waals surface area contributed by atoms with Crippen molar-refractivity contribution < 1.29 is 4.79 Å². The first-order valence-corrected chi connectivity index (χ1v) is 4.74. The van der Waals surface area contributed by atoms with Gasteiger partial charge < -0.3 is 11.1 Å². The summed E-state index contributed by atoms with van der Waals surface area (Å²) in [6.45, 7) is 5.90. The number of hydrogen-bond acceptors (Lipinski definition) is 4. The molecule has 0 saturated carbocycles. The standard InChI is InChI=1S/C10H16N4O.2ClH/c1-7-4-13-8(5-12-7)9(15)14-6-10(2,3)11;;/h4-5H,6,11H2,1-3H3,(H,14,15);2*1H. The fourth-order valence-electron chi connectivity index (χ4n) is 0.908. The van der Waals surface area contributed by atoms with Crippen molar-refractivity contribution in [2.45, 2.75) is 26.3 Å². The van der Waals surface area contributed by atoms with Gasteiger partial charge in [0.05, 0.1) is 11.9 Å². The van der Waals surface area contributed by atoms with Crippen LogP contribution in [-0.2, 0) is 0 Å². The lowest BCUT2D eigenvalue weighted by atomic mass is 10.1. The third-order valence-electron chi connectivity index (χ3n) is 1.72. The second kappa shape index (κ2) is 7.42. The molecule has 1 rings (SSSR count). The molecule has 3 N–H and O–H groups in total. The fraction of sp³-hybridized carbons (Fsp3) is 0.500. The highest BCUT2D eigenvalue weighted by molar-refractivity contribution is 5.91. The number of aromatic nitrogens is 2. The van der Waals surface area contributed by atoms with E-state index in [1.807, 2.05) is 20.8 Å². The van der Waals surface area contributed by atoms with E-state index in [1.165, 1.54) is 6.20 Å². The van der Waals surface area contributed by atoms with E-state index in [-0.39, 0.29) is 30.7 Å². The number of nitrogens with two attached hydrogens (primary N) is 1. The van der Waals surface area contributed by atoms with Gasteiger partial charge in [0, 0.05) is 18.3 Å². The molecule has 0 radical (unpaired) electrons. The monoisotopic (exact) mass is 280 g/mol. The largest absolute Gasteiger partial charge is 0.349 e. The summed E-state index contributed by atoms with van der Waals surface area (Å²) in [6, 6.07) is 0. The zero-order valence-corrected chi connectivity index (χ0v) is 11.7. The predicted molar refractivity (Wildman–Crippen MR) is 71.9 cm³/mol. The molecule has 0 aromatic carbocycles. The minimum absolute atomic E-state index is 0. The van der Waals surface area contributed by atoms with Crippen LogP contribution in [0.1, 0.15) is 30.0 Å². The normalized spacial score (nSPS) is 9.88. The Morgan fingerprint density at radius 1 is 1.35 bits per heavy atom. The van der Waals surface area contributed by atoms with Crippen LogP contribution in [0.2, 0.25) is 0 Å². The quantitative estimate of drug-likeness (QED) is 0.869. The Morgan fingerprint density at radius 2 is 1.94 bits per heavy atom. The Morgan fingerprint density at radius 3 is 2.35 bits per heavy atom. The first kappa shape index (κ1) is 18.5. The Kier molecular flexibility index (Phi) is 8.06. The highest BCUT2D eigenvalue weighted by atomic mass is 35.5. The van der Waals surface area contributed by atoms with Gasteiger partial charge in [-0.1, -0.05) is 0 Å². The number of nitrogens with zero attached hydrogens (tertiary/aromatic N) is 2. The second-order valence-electron chi connectivity index (χ2n) is 4.21. The average Bonchev–Trinajstić information content (AvgIpc) is 2.14. The second-order valence-corrected chi connectivity index (χ2v) is 4.21. The SMILES string of the molecule is Cc1cnc(C(=O)NCC(C)(C)N)cn1.Cl.Cl. The molecule has 1 aromatic heterocycles. The van der Waals surface area contributed by atoms with Crippen LogP contribution in [0.4, 0.5) is 0 Å². The summed E-state index contributed by atoms with van der Waals surface area (Å²) in [4.78, 5) is 19.5. The third-order valence-corrected chi connectivity index (χ3v) is 1.72. The van der Waals surface area contributed by atoms with Gasteiger partial charge in [0.15, 0.2) is 0 Å². The number of hydrogen-bond donors (Lipinski definition) is 2. The molecule has 0 unspecified atom stereocenters. The van der Waals surface area contributed by atoms with E-state index < -0.39 is 5.54 Å². The van der Waals surface area contributed by atoms with Gasteiger partial charge in [0.1, 0.15) is 5.69 Å². The van der Waals surface area contributed by atoms with Gasteiger partial charge in [0.2, 0.25) is 0 Å². The maximum Gasteiger partial charge on any atom is 0.271 e. The van der Waals surface area contributed by atoms with Crippen LogP contribution >= 0.6 is 24.8 Å². The van der Waals surface area contributed by atoms with Crippen molar-refractivity contribution >= 4 is 30.7 Å². The molecule has 0 spiro atoms. The van der Waals surface area contributed by atoms with Crippen LogP contribution in [0, 0.1) is 6.92 Å². The summed E-state index contributed by atoms with van der Waals surface area (Å²) in [5.41, 5.74) is 6.41. The zero-order valence-electron chi connectivity index (χ0n) is 10.1. The molecular weight excluding hydrogens is 263 g/mol. The minimum atomic E-state index is -0.423. The van der Waals surface area contributed by atoms with Crippen LogP contribution in [0.5, 0.6) is 0 Å². The van der Waals surface area contributed by atoms with Gasteiger partial charge in [-0.25, -0.2) is 4.98 Å². The number of rotatable bonds is 3. The molecule has 0 aliphatic carbocycles. The maximum atomic E-state index is 11.5. The Balaban J connectivity index is 0. The lowest BCUT2D eigenvalue weighted by Gasteiger charge is -2.18. The summed E-state index contributed by atoms with van der Waals surface area (Å²) in [6.07, 6.45) is 3.01. The molecule has 1 amide bonds. The van der Waals surface area contributed by atoms with E-state index in [4.69, 9.17) is 5.73 Å². The zero-order chi connectivity index (χ0) is 11.5. The minimum Gasteiger partial charge on any atom is -0.349 e. The van der Waals surface area contributed by atoms with Crippen LogP contribution < -0.4 is 11.1 Å². The highest BCUT2D eigenvalue weighted by Crippen LogP contribution is 1.96. The van der Waals surface area contributed by atoms with Crippen molar-refractivity contribution in [3.8, 4) is 0 Å². The van der Waals surface area contributed by atoms with E-state index in [1.54, 1.807) is 6.20 Å². The summed E-state index contributed by atoms with van der Waals surface area (Å²) in [7, 11) is 0.